The highest BCUT2D eigenvalue weighted by Gasteiger charge is 2.44. The summed E-state index contributed by atoms with van der Waals surface area (Å²) in [6.07, 6.45) is 8.18. The number of sulfonamides is 1. The zero-order chi connectivity index (χ0) is 30.4. The molecule has 2 unspecified atom stereocenters. The Morgan fingerprint density at radius 1 is 1.09 bits per heavy atom. The third-order valence-corrected chi connectivity index (χ3v) is 13.1. The largest absolute Gasteiger partial charge is 0.490 e. The molecule has 0 aromatic heterocycles. The zero-order valence-corrected chi connectivity index (χ0v) is 27.2. The highest BCUT2D eigenvalue weighted by atomic mass is 35.5. The van der Waals surface area contributed by atoms with E-state index >= 15 is 0 Å². The van der Waals surface area contributed by atoms with Gasteiger partial charge in [-0.2, -0.15) is 0 Å². The van der Waals surface area contributed by atoms with E-state index in [0.717, 1.165) is 74.7 Å². The first-order valence-electron chi connectivity index (χ1n) is 16.0. The van der Waals surface area contributed by atoms with Gasteiger partial charge in [-0.1, -0.05) is 31.0 Å². The summed E-state index contributed by atoms with van der Waals surface area (Å²) in [5, 5.41) is 0.0801. The van der Waals surface area contributed by atoms with Gasteiger partial charge in [0.2, 0.25) is 10.0 Å². The van der Waals surface area contributed by atoms with Crippen molar-refractivity contribution in [2.45, 2.75) is 75.9 Å². The number of halogens is 1. The van der Waals surface area contributed by atoms with Gasteiger partial charge in [0.1, 0.15) is 5.75 Å². The van der Waals surface area contributed by atoms with E-state index in [4.69, 9.17) is 21.1 Å². The van der Waals surface area contributed by atoms with E-state index in [9.17, 15) is 13.2 Å². The predicted molar refractivity (Wildman–Crippen MR) is 171 cm³/mol. The number of fused-ring (bicyclic) bond motifs is 4. The second-order valence-corrected chi connectivity index (χ2v) is 16.1. The van der Waals surface area contributed by atoms with Crippen LogP contribution < -0.4 is 14.4 Å². The number of rotatable bonds is 2. The van der Waals surface area contributed by atoms with Gasteiger partial charge in [0.25, 0.3) is 5.91 Å². The van der Waals surface area contributed by atoms with E-state index in [0.29, 0.717) is 29.9 Å². The second kappa shape index (κ2) is 12.2. The molecule has 2 heterocycles. The normalized spacial score (nSPS) is 32.4. The van der Waals surface area contributed by atoms with Gasteiger partial charge in [-0.15, -0.1) is 0 Å². The van der Waals surface area contributed by atoms with Gasteiger partial charge in [-0.3, -0.25) is 4.79 Å². The van der Waals surface area contributed by atoms with Crippen LogP contribution in [0.5, 0.6) is 5.75 Å². The molecule has 6 rings (SSSR count). The van der Waals surface area contributed by atoms with Gasteiger partial charge in [-0.25, -0.2) is 13.1 Å². The molecule has 43 heavy (non-hydrogen) atoms. The first-order chi connectivity index (χ1) is 20.6. The summed E-state index contributed by atoms with van der Waals surface area (Å²) in [4.78, 5) is 15.8. The molecule has 0 saturated heterocycles. The van der Waals surface area contributed by atoms with Crippen LogP contribution in [0.3, 0.4) is 0 Å². The minimum Gasteiger partial charge on any atom is -0.490 e. The highest BCUT2D eigenvalue weighted by molar-refractivity contribution is 7.90. The molecule has 2 aliphatic carbocycles. The molecule has 234 valence electrons. The number of ether oxygens (including phenoxy) is 2. The Kier molecular flexibility index (Phi) is 8.75. The average molecular weight is 629 g/mol. The van der Waals surface area contributed by atoms with Crippen LogP contribution in [0.2, 0.25) is 5.02 Å². The summed E-state index contributed by atoms with van der Waals surface area (Å²) in [5.74, 6) is 1.59. The lowest BCUT2D eigenvalue weighted by molar-refractivity contribution is 0.0383. The molecule has 0 radical (unpaired) electrons. The molecule has 2 aromatic carbocycles. The monoisotopic (exact) mass is 628 g/mol. The number of carbonyl (C=O) groups excluding carboxylic acids is 1. The van der Waals surface area contributed by atoms with Crippen molar-refractivity contribution in [2.24, 2.45) is 23.7 Å². The molecule has 1 spiro atoms. The Morgan fingerprint density at radius 3 is 2.70 bits per heavy atom. The van der Waals surface area contributed by atoms with Crippen LogP contribution in [0.4, 0.5) is 5.69 Å². The molecular weight excluding hydrogens is 584 g/mol. The van der Waals surface area contributed by atoms with E-state index < -0.39 is 21.2 Å². The van der Waals surface area contributed by atoms with E-state index in [1.54, 1.807) is 20.1 Å². The molecule has 1 amide bonds. The summed E-state index contributed by atoms with van der Waals surface area (Å²) >= 11 is 6.42. The smallest absolute Gasteiger partial charge is 0.264 e. The Labute approximate surface area is 261 Å². The Bertz CT molecular complexity index is 1460. The molecule has 9 heteroatoms. The minimum atomic E-state index is -3.85. The summed E-state index contributed by atoms with van der Waals surface area (Å²) in [7, 11) is -2.06. The van der Waals surface area contributed by atoms with Gasteiger partial charge >= 0.3 is 0 Å². The van der Waals surface area contributed by atoms with Crippen LogP contribution in [0, 0.1) is 23.7 Å². The van der Waals surface area contributed by atoms with Crippen LogP contribution in [0.25, 0.3) is 0 Å². The molecule has 1 N–H and O–H groups in total. The van der Waals surface area contributed by atoms with E-state index in [-0.39, 0.29) is 11.3 Å². The molecule has 1 saturated carbocycles. The summed E-state index contributed by atoms with van der Waals surface area (Å²) in [6.45, 7) is 6.58. The standard InChI is InChI=1S/C34H45ClN2O5S/c1-22-6-4-7-27(19-41-3)29-12-9-26(29)18-37-20-34(15-5-8-24-16-28(35)11-13-30(24)34)21-42-32-14-10-25(17-31(32)37)33(38)36-43(39,40)23(22)2/h10-11,13-14,16-17,22-23,26-27,29H,4-9,12,15,18-21H2,1-3H3,(H,36,38)/t22-,23+,26?,27-,29?,34-/m0/s1. The number of anilines is 1. The van der Waals surface area contributed by atoms with Crippen molar-refractivity contribution in [3.05, 3.63) is 58.1 Å². The number of hydrogen-bond donors (Lipinski definition) is 1. The van der Waals surface area contributed by atoms with Crippen molar-refractivity contribution in [1.82, 2.24) is 4.72 Å². The fourth-order valence-corrected chi connectivity index (χ4v) is 9.64. The molecule has 1 fully saturated rings. The number of nitrogens with zero attached hydrogens (tertiary/aromatic N) is 1. The van der Waals surface area contributed by atoms with Crippen molar-refractivity contribution in [3.8, 4) is 5.75 Å². The molecular formula is C34H45ClN2O5S. The van der Waals surface area contributed by atoms with Crippen LogP contribution in [-0.4, -0.2) is 53.0 Å². The highest BCUT2D eigenvalue weighted by Crippen LogP contribution is 2.48. The number of methoxy groups -OCH3 is 1. The van der Waals surface area contributed by atoms with Crippen LogP contribution in [0.1, 0.15) is 80.3 Å². The summed E-state index contributed by atoms with van der Waals surface area (Å²) in [5.41, 5.74) is 3.58. The zero-order valence-electron chi connectivity index (χ0n) is 25.6. The maximum Gasteiger partial charge on any atom is 0.264 e. The van der Waals surface area contributed by atoms with Crippen molar-refractivity contribution in [2.75, 3.05) is 38.3 Å². The van der Waals surface area contributed by atoms with Crippen molar-refractivity contribution in [1.29, 1.82) is 0 Å². The number of carbonyl (C=O) groups is 1. The molecule has 4 aliphatic rings. The number of hydrogen-bond acceptors (Lipinski definition) is 6. The topological polar surface area (TPSA) is 84.9 Å². The number of aryl methyl sites for hydroxylation is 1. The SMILES string of the molecule is COC[C@@H]1CCC[C@H](C)[C@@H](C)S(=O)(=O)NC(=O)c2ccc3c(c2)N(CC2CCC21)C[C@@]1(CCCc2cc(Cl)ccc21)CO3. The molecule has 2 bridgehead atoms. The van der Waals surface area contributed by atoms with Gasteiger partial charge in [0.15, 0.2) is 0 Å². The number of benzene rings is 2. The quantitative estimate of drug-likeness (QED) is 0.416. The third-order valence-electron chi connectivity index (χ3n) is 11.0. The fourth-order valence-electron chi connectivity index (χ4n) is 8.14. The predicted octanol–water partition coefficient (Wildman–Crippen LogP) is 6.37. The van der Waals surface area contributed by atoms with Gasteiger partial charge < -0.3 is 14.4 Å². The minimum absolute atomic E-state index is 0.0704. The van der Waals surface area contributed by atoms with Crippen molar-refractivity contribution >= 4 is 33.2 Å². The van der Waals surface area contributed by atoms with Crippen molar-refractivity contribution < 1.29 is 22.7 Å². The van der Waals surface area contributed by atoms with Gasteiger partial charge in [0.05, 0.1) is 17.5 Å². The lowest BCUT2D eigenvalue weighted by Gasteiger charge is -2.47. The van der Waals surface area contributed by atoms with E-state index in [1.165, 1.54) is 24.0 Å². The maximum atomic E-state index is 13.4. The lowest BCUT2D eigenvalue weighted by Crippen LogP contribution is -2.49. The molecule has 7 nitrogen and oxygen atoms in total. The third kappa shape index (κ3) is 6.04. The van der Waals surface area contributed by atoms with Crippen LogP contribution in [0.15, 0.2) is 36.4 Å². The summed E-state index contributed by atoms with van der Waals surface area (Å²) in [6, 6.07) is 11.6. The molecule has 2 aliphatic heterocycles. The molecule has 6 atom stereocenters. The lowest BCUT2D eigenvalue weighted by atomic mass is 9.65. The molecule has 2 aromatic rings. The van der Waals surface area contributed by atoms with Crippen LogP contribution in [-0.2, 0) is 26.6 Å². The van der Waals surface area contributed by atoms with Crippen LogP contribution >= 0.6 is 11.6 Å². The maximum absolute atomic E-state index is 13.4. The van der Waals surface area contributed by atoms with Gasteiger partial charge in [-0.05, 0) is 117 Å². The number of amides is 1. The Hall–Kier alpha value is -2.29. The average Bonchev–Trinajstić information content (AvgIpc) is 3.11. The number of nitrogens with one attached hydrogen (secondary N) is 1. The fraction of sp³-hybridized carbons (Fsp3) is 0.618. The Morgan fingerprint density at radius 2 is 1.93 bits per heavy atom. The van der Waals surface area contributed by atoms with E-state index in [2.05, 4.69) is 21.8 Å². The second-order valence-electron chi connectivity index (χ2n) is 13.6. The first kappa shape index (κ1) is 30.7. The first-order valence-corrected chi connectivity index (χ1v) is 17.9. The van der Waals surface area contributed by atoms with Crippen molar-refractivity contribution in [3.63, 3.8) is 0 Å². The van der Waals surface area contributed by atoms with Gasteiger partial charge in [0, 0.05) is 42.8 Å². The Balaban J connectivity index is 1.41. The van der Waals surface area contributed by atoms with E-state index in [1.807, 2.05) is 25.1 Å². The summed E-state index contributed by atoms with van der Waals surface area (Å²) < 4.78 is 41.3.